The van der Waals surface area contributed by atoms with E-state index in [1.165, 1.54) is 30.3 Å². The van der Waals surface area contributed by atoms with Crippen LogP contribution < -0.4 is 10.0 Å². The van der Waals surface area contributed by atoms with E-state index in [2.05, 4.69) is 20.0 Å². The number of nitrogens with one attached hydrogen (secondary N) is 3. The molecule has 7 nitrogen and oxygen atoms in total. The van der Waals surface area contributed by atoms with Gasteiger partial charge in [0.25, 0.3) is 5.91 Å². The lowest BCUT2D eigenvalue weighted by molar-refractivity contribution is 0.102. The number of aromatic nitrogens is 2. The summed E-state index contributed by atoms with van der Waals surface area (Å²) < 4.78 is 41.1. The Balaban J connectivity index is 1.29. The number of fused-ring (bicyclic) bond motifs is 1. The van der Waals surface area contributed by atoms with Crippen LogP contribution >= 0.6 is 0 Å². The van der Waals surface area contributed by atoms with Crippen molar-refractivity contribution in [2.75, 3.05) is 5.32 Å². The van der Waals surface area contributed by atoms with Crippen molar-refractivity contribution in [2.45, 2.75) is 30.2 Å². The summed E-state index contributed by atoms with van der Waals surface area (Å²) in [6.07, 6.45) is 2.03. The first kappa shape index (κ1) is 21.3. The first-order valence-corrected chi connectivity index (χ1v) is 12.0. The molecule has 1 fully saturated rings. The molecule has 0 atom stereocenters. The molecule has 0 bridgehead atoms. The third-order valence-corrected chi connectivity index (χ3v) is 6.97. The summed E-state index contributed by atoms with van der Waals surface area (Å²) in [5, 5.41) is 2.81. The number of carbonyl (C=O) groups is 1. The zero-order valence-electron chi connectivity index (χ0n) is 17.5. The number of rotatable bonds is 7. The Hall–Kier alpha value is -3.56. The van der Waals surface area contributed by atoms with Gasteiger partial charge >= 0.3 is 0 Å². The quantitative estimate of drug-likeness (QED) is 0.385. The van der Waals surface area contributed by atoms with Gasteiger partial charge < -0.3 is 10.3 Å². The molecule has 3 aromatic carbocycles. The molecule has 0 radical (unpaired) electrons. The van der Waals surface area contributed by atoms with Gasteiger partial charge in [-0.15, -0.1) is 0 Å². The van der Waals surface area contributed by atoms with Crippen LogP contribution in [0.4, 0.5) is 10.1 Å². The zero-order valence-corrected chi connectivity index (χ0v) is 18.3. The molecule has 0 saturated heterocycles. The highest BCUT2D eigenvalue weighted by atomic mass is 32.2. The number of aromatic amines is 1. The average molecular weight is 465 g/mol. The molecule has 1 amide bonds. The Morgan fingerprint density at radius 2 is 1.82 bits per heavy atom. The van der Waals surface area contributed by atoms with Crippen LogP contribution in [0, 0.1) is 5.82 Å². The van der Waals surface area contributed by atoms with E-state index >= 15 is 0 Å². The van der Waals surface area contributed by atoms with Gasteiger partial charge in [-0.3, -0.25) is 4.79 Å². The maximum absolute atomic E-state index is 13.9. The second kappa shape index (κ2) is 8.42. The molecule has 3 N–H and O–H groups in total. The van der Waals surface area contributed by atoms with Gasteiger partial charge in [-0.25, -0.2) is 22.5 Å². The second-order valence-electron chi connectivity index (χ2n) is 8.06. The Kier molecular flexibility index (Phi) is 5.43. The normalized spacial score (nSPS) is 13.8. The van der Waals surface area contributed by atoms with Crippen LogP contribution in [0.3, 0.4) is 0 Å². The molecule has 1 aromatic heterocycles. The van der Waals surface area contributed by atoms with Gasteiger partial charge in [0, 0.05) is 23.7 Å². The summed E-state index contributed by atoms with van der Waals surface area (Å²) in [6.45, 7) is 0. The number of H-pyrrole nitrogens is 1. The van der Waals surface area contributed by atoms with Crippen LogP contribution in [-0.4, -0.2) is 30.3 Å². The van der Waals surface area contributed by atoms with Crippen LogP contribution in [0.5, 0.6) is 0 Å². The van der Waals surface area contributed by atoms with Crippen molar-refractivity contribution in [3.05, 3.63) is 89.5 Å². The largest absolute Gasteiger partial charge is 0.342 e. The van der Waals surface area contributed by atoms with Crippen LogP contribution in [-0.2, 0) is 16.4 Å². The maximum atomic E-state index is 13.9. The standard InChI is InChI=1S/C24H21FN4O3S/c25-20-4-2-1-3-16(20)13-23-27-21-12-9-18(14-22(21)28-23)26-24(30)15-5-10-19(11-6-15)33(31,32)29-17-7-8-17/h1-6,9-12,14,17,29H,7-8,13H2,(H,26,30)(H,27,28). The summed E-state index contributed by atoms with van der Waals surface area (Å²) >= 11 is 0. The molecule has 1 aliphatic carbocycles. The van der Waals surface area contributed by atoms with Crippen LogP contribution in [0.2, 0.25) is 0 Å². The predicted molar refractivity (Wildman–Crippen MR) is 123 cm³/mol. The SMILES string of the molecule is O=C(Nc1ccc2nc(Cc3ccccc3F)[nH]c2c1)c1ccc(S(=O)(=O)NC2CC2)cc1. The van der Waals surface area contributed by atoms with E-state index in [0.717, 1.165) is 12.8 Å². The van der Waals surface area contributed by atoms with Crippen LogP contribution in [0.1, 0.15) is 34.6 Å². The number of benzene rings is 3. The van der Waals surface area contributed by atoms with E-state index in [1.54, 1.807) is 36.4 Å². The smallest absolute Gasteiger partial charge is 0.255 e. The fourth-order valence-electron chi connectivity index (χ4n) is 3.52. The van der Waals surface area contributed by atoms with Crippen LogP contribution in [0.15, 0.2) is 71.6 Å². The van der Waals surface area contributed by atoms with Gasteiger partial charge in [0.05, 0.1) is 15.9 Å². The molecule has 5 rings (SSSR count). The van der Waals surface area contributed by atoms with Crippen molar-refractivity contribution in [3.63, 3.8) is 0 Å². The predicted octanol–water partition coefficient (Wildman–Crippen LogP) is 3.99. The first-order valence-electron chi connectivity index (χ1n) is 10.5. The molecular formula is C24H21FN4O3S. The number of sulfonamides is 1. The fourth-order valence-corrected chi connectivity index (χ4v) is 4.83. The van der Waals surface area contributed by atoms with Gasteiger partial charge in [0.15, 0.2) is 0 Å². The van der Waals surface area contributed by atoms with E-state index in [-0.39, 0.29) is 22.7 Å². The molecular weight excluding hydrogens is 443 g/mol. The Morgan fingerprint density at radius 3 is 2.55 bits per heavy atom. The van der Waals surface area contributed by atoms with E-state index in [4.69, 9.17) is 0 Å². The van der Waals surface area contributed by atoms with Crippen molar-refractivity contribution in [1.29, 1.82) is 0 Å². The van der Waals surface area contributed by atoms with E-state index in [1.807, 2.05) is 0 Å². The number of nitrogens with zero attached hydrogens (tertiary/aromatic N) is 1. The number of halogens is 1. The van der Waals surface area contributed by atoms with Gasteiger partial charge in [-0.2, -0.15) is 0 Å². The number of amides is 1. The minimum Gasteiger partial charge on any atom is -0.342 e. The number of anilines is 1. The first-order chi connectivity index (χ1) is 15.9. The lowest BCUT2D eigenvalue weighted by atomic mass is 10.1. The topological polar surface area (TPSA) is 104 Å². The third kappa shape index (κ3) is 4.79. The molecule has 1 aliphatic rings. The monoisotopic (exact) mass is 464 g/mol. The molecule has 0 unspecified atom stereocenters. The Morgan fingerprint density at radius 1 is 1.06 bits per heavy atom. The highest BCUT2D eigenvalue weighted by molar-refractivity contribution is 7.89. The number of hydrogen-bond donors (Lipinski definition) is 3. The molecule has 1 heterocycles. The van der Waals surface area contributed by atoms with E-state index < -0.39 is 10.0 Å². The molecule has 4 aromatic rings. The average Bonchev–Trinajstić information content (AvgIpc) is 3.51. The highest BCUT2D eigenvalue weighted by Crippen LogP contribution is 2.23. The molecule has 168 valence electrons. The fraction of sp³-hybridized carbons (Fsp3) is 0.167. The molecule has 1 saturated carbocycles. The molecule has 33 heavy (non-hydrogen) atoms. The summed E-state index contributed by atoms with van der Waals surface area (Å²) in [4.78, 5) is 20.4. The van der Waals surface area contributed by atoms with Crippen molar-refractivity contribution in [1.82, 2.24) is 14.7 Å². The van der Waals surface area contributed by atoms with Gasteiger partial charge in [0.1, 0.15) is 11.6 Å². The second-order valence-corrected chi connectivity index (χ2v) is 9.77. The molecule has 0 spiro atoms. The van der Waals surface area contributed by atoms with Gasteiger partial charge in [-0.1, -0.05) is 18.2 Å². The van der Waals surface area contributed by atoms with Gasteiger partial charge in [0.2, 0.25) is 10.0 Å². The number of imidazole rings is 1. The summed E-state index contributed by atoms with van der Waals surface area (Å²) in [5.74, 6) is -0.0252. The number of carbonyl (C=O) groups excluding carboxylic acids is 1. The summed E-state index contributed by atoms with van der Waals surface area (Å²) in [6, 6.07) is 17.6. The third-order valence-electron chi connectivity index (χ3n) is 5.43. The zero-order chi connectivity index (χ0) is 23.0. The summed E-state index contributed by atoms with van der Waals surface area (Å²) in [5.41, 5.74) is 2.86. The van der Waals surface area contributed by atoms with Gasteiger partial charge in [-0.05, 0) is 66.9 Å². The lowest BCUT2D eigenvalue weighted by Gasteiger charge is -2.08. The maximum Gasteiger partial charge on any atom is 0.255 e. The molecule has 0 aliphatic heterocycles. The van der Waals surface area contributed by atoms with Crippen LogP contribution in [0.25, 0.3) is 11.0 Å². The van der Waals surface area contributed by atoms with E-state index in [0.29, 0.717) is 40.1 Å². The van der Waals surface area contributed by atoms with Crippen molar-refractivity contribution < 1.29 is 17.6 Å². The molecule has 9 heteroatoms. The van der Waals surface area contributed by atoms with Crippen molar-refractivity contribution in [3.8, 4) is 0 Å². The lowest BCUT2D eigenvalue weighted by Crippen LogP contribution is -2.25. The highest BCUT2D eigenvalue weighted by Gasteiger charge is 2.28. The number of hydrogen-bond acceptors (Lipinski definition) is 4. The van der Waals surface area contributed by atoms with E-state index in [9.17, 15) is 17.6 Å². The Labute approximate surface area is 190 Å². The summed E-state index contributed by atoms with van der Waals surface area (Å²) in [7, 11) is -3.56. The van der Waals surface area contributed by atoms with Crippen molar-refractivity contribution in [2.24, 2.45) is 0 Å². The minimum atomic E-state index is -3.56. The Bertz CT molecular complexity index is 1440. The van der Waals surface area contributed by atoms with Crippen molar-refractivity contribution >= 4 is 32.7 Å². The minimum absolute atomic E-state index is 0.0163.